The number of rotatable bonds is 17. The molecule has 0 radical (unpaired) electrons. The summed E-state index contributed by atoms with van der Waals surface area (Å²) in [7, 11) is 3.60. The molecular formula is C38H48N4O4S. The molecule has 0 spiro atoms. The summed E-state index contributed by atoms with van der Waals surface area (Å²) in [6, 6.07) is 22.5. The smallest absolute Gasteiger partial charge is 0.335 e. The molecular weight excluding hydrogens is 609 g/mol. The molecule has 0 atom stereocenters. The molecule has 0 aliphatic heterocycles. The number of anilines is 2. The predicted octanol–water partition coefficient (Wildman–Crippen LogP) is 8.69. The van der Waals surface area contributed by atoms with Gasteiger partial charge in [-0.15, -0.1) is 11.3 Å². The molecule has 0 saturated carbocycles. The van der Waals surface area contributed by atoms with Crippen molar-refractivity contribution in [3.05, 3.63) is 93.8 Å². The van der Waals surface area contributed by atoms with Crippen molar-refractivity contribution in [2.75, 3.05) is 30.9 Å². The van der Waals surface area contributed by atoms with Gasteiger partial charge in [0.1, 0.15) is 17.4 Å². The molecule has 3 aromatic carbocycles. The minimum Gasteiger partial charge on any atom is -0.484 e. The lowest BCUT2D eigenvalue weighted by Crippen LogP contribution is -2.30. The largest absolute Gasteiger partial charge is 0.484 e. The fourth-order valence-corrected chi connectivity index (χ4v) is 6.38. The highest BCUT2D eigenvalue weighted by molar-refractivity contribution is 7.09. The topological polar surface area (TPSA) is 95.0 Å². The Kier molecular flexibility index (Phi) is 13.0. The van der Waals surface area contributed by atoms with Gasteiger partial charge in [0, 0.05) is 29.2 Å². The summed E-state index contributed by atoms with van der Waals surface area (Å²) in [4.78, 5) is 32.9. The number of hydrogen-bond acceptors (Lipinski definition) is 7. The molecule has 1 amide bonds. The second-order valence-corrected chi connectivity index (χ2v) is 13.4. The Balaban J connectivity index is 1.42. The van der Waals surface area contributed by atoms with Crippen LogP contribution in [0.5, 0.6) is 5.75 Å². The molecule has 0 bridgehead atoms. The summed E-state index contributed by atoms with van der Waals surface area (Å²) in [5.74, 6) is -0.374. The second-order valence-electron chi connectivity index (χ2n) is 12.5. The number of amides is 1. The molecule has 4 aromatic rings. The number of nitrogens with one attached hydrogen (secondary N) is 1. The highest BCUT2D eigenvalue weighted by atomic mass is 32.1. The van der Waals surface area contributed by atoms with Crippen LogP contribution in [0, 0.1) is 0 Å². The van der Waals surface area contributed by atoms with Crippen molar-refractivity contribution in [3.63, 3.8) is 0 Å². The maximum absolute atomic E-state index is 12.4. The number of carboxylic acid groups (broad SMARTS) is 1. The van der Waals surface area contributed by atoms with E-state index in [1.165, 1.54) is 66.0 Å². The van der Waals surface area contributed by atoms with Crippen LogP contribution < -0.4 is 15.0 Å². The average molecular weight is 657 g/mol. The molecule has 1 heterocycles. The van der Waals surface area contributed by atoms with Crippen molar-refractivity contribution in [1.82, 2.24) is 9.88 Å². The first-order chi connectivity index (χ1) is 22.6. The molecule has 2 N–H and O–H groups in total. The summed E-state index contributed by atoms with van der Waals surface area (Å²) >= 11 is 1.47. The van der Waals surface area contributed by atoms with E-state index >= 15 is 0 Å². The molecule has 1 aromatic heterocycles. The number of benzene rings is 3. The lowest BCUT2D eigenvalue weighted by atomic mass is 9.90. The maximum atomic E-state index is 12.4. The van der Waals surface area contributed by atoms with Gasteiger partial charge in [-0.3, -0.25) is 4.79 Å². The lowest BCUT2D eigenvalue weighted by molar-refractivity contribution is -0.116. The monoisotopic (exact) mass is 656 g/mol. The average Bonchev–Trinajstić information content (AvgIpc) is 3.52. The third-order valence-electron chi connectivity index (χ3n) is 8.06. The van der Waals surface area contributed by atoms with Gasteiger partial charge < -0.3 is 25.0 Å². The molecule has 8 nitrogen and oxygen atoms in total. The summed E-state index contributed by atoms with van der Waals surface area (Å²) in [5.41, 5.74) is 6.26. The Morgan fingerprint density at radius 2 is 1.64 bits per heavy atom. The van der Waals surface area contributed by atoms with Crippen LogP contribution in [-0.4, -0.2) is 53.5 Å². The van der Waals surface area contributed by atoms with E-state index in [9.17, 15) is 14.7 Å². The highest BCUT2D eigenvalue weighted by Crippen LogP contribution is 2.31. The molecule has 0 unspecified atom stereocenters. The maximum Gasteiger partial charge on any atom is 0.335 e. The van der Waals surface area contributed by atoms with E-state index in [0.29, 0.717) is 17.6 Å². The fraction of sp³-hybridized carbons (Fsp3) is 0.395. The van der Waals surface area contributed by atoms with E-state index in [0.717, 1.165) is 22.8 Å². The number of aromatic carboxylic acids is 1. The quantitative estimate of drug-likeness (QED) is 0.117. The zero-order valence-electron chi connectivity index (χ0n) is 28.5. The van der Waals surface area contributed by atoms with E-state index in [4.69, 9.17) is 9.72 Å². The summed E-state index contributed by atoms with van der Waals surface area (Å²) in [6.45, 7) is 10.1. The van der Waals surface area contributed by atoms with Crippen LogP contribution in [0.3, 0.4) is 0 Å². The van der Waals surface area contributed by atoms with Gasteiger partial charge >= 0.3 is 5.97 Å². The third-order valence-corrected chi connectivity index (χ3v) is 8.88. The van der Waals surface area contributed by atoms with Crippen LogP contribution in [0.15, 0.2) is 72.1 Å². The number of thiazole rings is 1. The molecule has 9 heteroatoms. The van der Waals surface area contributed by atoms with Gasteiger partial charge in [0.2, 0.25) is 5.91 Å². The Bertz CT molecular complexity index is 1590. The Hall–Kier alpha value is -4.21. The van der Waals surface area contributed by atoms with Crippen LogP contribution in [0.1, 0.15) is 85.8 Å². The van der Waals surface area contributed by atoms with Crippen molar-refractivity contribution < 1.29 is 19.4 Å². The summed E-state index contributed by atoms with van der Waals surface area (Å²) in [6.07, 6.45) is 4.89. The number of nitrogens with zero attached hydrogens (tertiary/aromatic N) is 3. The minimum atomic E-state index is -1.07. The van der Waals surface area contributed by atoms with E-state index in [-0.39, 0.29) is 30.4 Å². The van der Waals surface area contributed by atoms with Gasteiger partial charge in [-0.2, -0.15) is 0 Å². The predicted molar refractivity (Wildman–Crippen MR) is 193 cm³/mol. The number of likely N-dealkylation sites (N-methyl/N-ethyl adjacent to an activating group) is 1. The number of ether oxygens (including phenoxy) is 1. The van der Waals surface area contributed by atoms with Crippen LogP contribution >= 0.6 is 11.3 Å². The van der Waals surface area contributed by atoms with Gasteiger partial charge in [-0.1, -0.05) is 63.1 Å². The Morgan fingerprint density at radius 1 is 0.957 bits per heavy atom. The molecule has 0 fully saturated rings. The van der Waals surface area contributed by atoms with E-state index < -0.39 is 5.97 Å². The molecule has 0 aliphatic rings. The first-order valence-corrected chi connectivity index (χ1v) is 17.3. The van der Waals surface area contributed by atoms with Crippen molar-refractivity contribution in [1.29, 1.82) is 0 Å². The standard InChI is InChI=1S/C38H48N4O4S/c1-7-9-28(10-8-2)29-15-18-32(19-16-29)42(26(3)4)22-27-11-13-30(14-12-27)34-25-47-37(40-34)24-46-35-21-31(38(44)45)17-20-33(35)39-36(43)23-41(5)6/h11-21,25-26,28H,7-10,22-24H2,1-6H3,(H,39,43)(H,44,45). The van der Waals surface area contributed by atoms with Crippen molar-refractivity contribution in [3.8, 4) is 17.0 Å². The number of carboxylic acids is 1. The fourth-order valence-electron chi connectivity index (χ4n) is 5.67. The van der Waals surface area contributed by atoms with Crippen molar-refractivity contribution >= 4 is 34.6 Å². The molecule has 0 saturated heterocycles. The highest BCUT2D eigenvalue weighted by Gasteiger charge is 2.16. The summed E-state index contributed by atoms with van der Waals surface area (Å²) in [5, 5.41) is 15.0. The third kappa shape index (κ3) is 10.1. The van der Waals surface area contributed by atoms with E-state index in [2.05, 4.69) is 86.4 Å². The first-order valence-electron chi connectivity index (χ1n) is 16.4. The molecule has 250 valence electrons. The second kappa shape index (κ2) is 17.1. The van der Waals surface area contributed by atoms with E-state index in [1.54, 1.807) is 25.1 Å². The van der Waals surface area contributed by atoms with E-state index in [1.807, 2.05) is 5.38 Å². The lowest BCUT2D eigenvalue weighted by Gasteiger charge is -2.30. The van der Waals surface area contributed by atoms with Crippen LogP contribution in [0.2, 0.25) is 0 Å². The zero-order valence-corrected chi connectivity index (χ0v) is 29.3. The number of aromatic nitrogens is 1. The first kappa shape index (κ1) is 35.6. The molecule has 0 aliphatic carbocycles. The van der Waals surface area contributed by atoms with Gasteiger partial charge in [0.05, 0.1) is 23.5 Å². The van der Waals surface area contributed by atoms with Crippen LogP contribution in [0.25, 0.3) is 11.3 Å². The number of carbonyl (C=O) groups excluding carboxylic acids is 1. The van der Waals surface area contributed by atoms with Gasteiger partial charge in [0.15, 0.2) is 0 Å². The normalized spacial score (nSPS) is 11.3. The van der Waals surface area contributed by atoms with Crippen molar-refractivity contribution in [2.24, 2.45) is 0 Å². The zero-order chi connectivity index (χ0) is 33.9. The Morgan fingerprint density at radius 3 is 2.23 bits per heavy atom. The van der Waals surface area contributed by atoms with Crippen LogP contribution in [0.4, 0.5) is 11.4 Å². The van der Waals surface area contributed by atoms with Crippen LogP contribution in [-0.2, 0) is 17.9 Å². The van der Waals surface area contributed by atoms with Gasteiger partial charge in [-0.05, 0) is 88.2 Å². The molecule has 4 rings (SSSR count). The number of carbonyl (C=O) groups is 2. The van der Waals surface area contributed by atoms with Gasteiger partial charge in [0.25, 0.3) is 0 Å². The number of hydrogen-bond donors (Lipinski definition) is 2. The Labute approximate surface area is 283 Å². The van der Waals surface area contributed by atoms with Crippen molar-refractivity contribution in [2.45, 2.75) is 78.5 Å². The molecule has 47 heavy (non-hydrogen) atoms. The SMILES string of the molecule is CCCC(CCC)c1ccc(N(Cc2ccc(-c3csc(COc4cc(C(=O)O)ccc4NC(=O)CN(C)C)n3)cc2)C(C)C)cc1. The van der Waals surface area contributed by atoms with Gasteiger partial charge in [-0.25, -0.2) is 9.78 Å². The minimum absolute atomic E-state index is 0.0751. The summed E-state index contributed by atoms with van der Waals surface area (Å²) < 4.78 is 5.99.